The van der Waals surface area contributed by atoms with Gasteiger partial charge in [0.25, 0.3) is 0 Å². The molecule has 0 aliphatic rings. The van der Waals surface area contributed by atoms with Gasteiger partial charge in [-0.05, 0) is 36.4 Å². The third-order valence-electron chi connectivity index (χ3n) is 4.09. The van der Waals surface area contributed by atoms with E-state index in [9.17, 15) is 4.79 Å². The zero-order chi connectivity index (χ0) is 20.9. The molecule has 0 aliphatic carbocycles. The summed E-state index contributed by atoms with van der Waals surface area (Å²) in [5.74, 6) is 1.27. The standard InChI is InChI=1S/C20H15Cl2N5O2S/c21-15-6-1-7-16(18(15)22)24-17(28)12-30-20-26-25-19(13-4-2-8-23-10-13)27(20)11-14-5-3-9-29-14/h1-10H,11-12H2,(H,24,28). The van der Waals surface area contributed by atoms with E-state index in [0.717, 1.165) is 11.3 Å². The lowest BCUT2D eigenvalue weighted by Gasteiger charge is -2.10. The van der Waals surface area contributed by atoms with Crippen molar-refractivity contribution < 1.29 is 9.21 Å². The Bertz CT molecular complexity index is 1150. The average molecular weight is 460 g/mol. The van der Waals surface area contributed by atoms with Crippen LogP contribution < -0.4 is 5.32 Å². The van der Waals surface area contributed by atoms with E-state index in [0.29, 0.717) is 33.3 Å². The first-order chi connectivity index (χ1) is 14.6. The van der Waals surface area contributed by atoms with Crippen LogP contribution >= 0.6 is 35.0 Å². The zero-order valence-corrected chi connectivity index (χ0v) is 17.8. The van der Waals surface area contributed by atoms with Crippen molar-refractivity contribution in [3.63, 3.8) is 0 Å². The van der Waals surface area contributed by atoms with Crippen LogP contribution in [0.4, 0.5) is 5.69 Å². The summed E-state index contributed by atoms with van der Waals surface area (Å²) in [6.45, 7) is 0.425. The number of amides is 1. The minimum Gasteiger partial charge on any atom is -0.467 e. The summed E-state index contributed by atoms with van der Waals surface area (Å²) >= 11 is 13.4. The second kappa shape index (κ2) is 9.34. The van der Waals surface area contributed by atoms with Gasteiger partial charge in [0.1, 0.15) is 5.76 Å². The van der Waals surface area contributed by atoms with Crippen molar-refractivity contribution in [2.45, 2.75) is 11.7 Å². The molecule has 0 saturated carbocycles. The van der Waals surface area contributed by atoms with E-state index < -0.39 is 0 Å². The maximum Gasteiger partial charge on any atom is 0.234 e. The number of aromatic nitrogens is 4. The molecule has 1 N–H and O–H groups in total. The molecule has 0 spiro atoms. The minimum atomic E-state index is -0.236. The molecule has 4 aromatic rings. The molecular formula is C20H15Cl2N5O2S. The largest absolute Gasteiger partial charge is 0.467 e. The maximum atomic E-state index is 12.4. The van der Waals surface area contributed by atoms with Crippen LogP contribution in [-0.2, 0) is 11.3 Å². The predicted octanol–water partition coefficient (Wildman–Crippen LogP) is 5.02. The third kappa shape index (κ3) is 4.67. The van der Waals surface area contributed by atoms with E-state index in [1.807, 2.05) is 28.8 Å². The van der Waals surface area contributed by atoms with Gasteiger partial charge in [0.15, 0.2) is 11.0 Å². The average Bonchev–Trinajstić information content (AvgIpc) is 3.41. The fourth-order valence-electron chi connectivity index (χ4n) is 2.72. The molecule has 3 heterocycles. The Hall–Kier alpha value is -2.81. The molecule has 10 heteroatoms. The fourth-order valence-corrected chi connectivity index (χ4v) is 3.81. The lowest BCUT2D eigenvalue weighted by molar-refractivity contribution is -0.113. The number of halogens is 2. The van der Waals surface area contributed by atoms with Crippen molar-refractivity contribution in [2.24, 2.45) is 0 Å². The molecule has 0 fully saturated rings. The maximum absolute atomic E-state index is 12.4. The quantitative estimate of drug-likeness (QED) is 0.390. The first kappa shape index (κ1) is 20.5. The van der Waals surface area contributed by atoms with E-state index in [4.69, 9.17) is 27.6 Å². The molecule has 7 nitrogen and oxygen atoms in total. The number of nitrogens with one attached hydrogen (secondary N) is 1. The number of pyridine rings is 1. The lowest BCUT2D eigenvalue weighted by atomic mass is 10.2. The van der Waals surface area contributed by atoms with Crippen molar-refractivity contribution in [3.05, 3.63) is 76.9 Å². The van der Waals surface area contributed by atoms with Crippen molar-refractivity contribution in [3.8, 4) is 11.4 Å². The highest BCUT2D eigenvalue weighted by molar-refractivity contribution is 7.99. The number of benzene rings is 1. The van der Waals surface area contributed by atoms with Gasteiger partial charge < -0.3 is 9.73 Å². The van der Waals surface area contributed by atoms with Crippen LogP contribution in [0, 0.1) is 0 Å². The molecular weight excluding hydrogens is 445 g/mol. The Morgan fingerprint density at radius 3 is 2.80 bits per heavy atom. The zero-order valence-electron chi connectivity index (χ0n) is 15.5. The normalized spacial score (nSPS) is 10.9. The van der Waals surface area contributed by atoms with Crippen LogP contribution in [0.1, 0.15) is 5.76 Å². The van der Waals surface area contributed by atoms with Crippen LogP contribution in [-0.4, -0.2) is 31.4 Å². The van der Waals surface area contributed by atoms with E-state index >= 15 is 0 Å². The second-order valence-electron chi connectivity index (χ2n) is 6.15. The van der Waals surface area contributed by atoms with Crippen molar-refractivity contribution in [2.75, 3.05) is 11.1 Å². The minimum absolute atomic E-state index is 0.117. The summed E-state index contributed by atoms with van der Waals surface area (Å²) in [7, 11) is 0. The highest BCUT2D eigenvalue weighted by atomic mass is 35.5. The van der Waals surface area contributed by atoms with E-state index in [-0.39, 0.29) is 11.7 Å². The molecule has 0 saturated heterocycles. The van der Waals surface area contributed by atoms with E-state index in [1.54, 1.807) is 36.9 Å². The van der Waals surface area contributed by atoms with Crippen LogP contribution in [0.5, 0.6) is 0 Å². The summed E-state index contributed by atoms with van der Waals surface area (Å²) in [4.78, 5) is 16.6. The van der Waals surface area contributed by atoms with Crippen LogP contribution in [0.15, 0.2) is 70.7 Å². The van der Waals surface area contributed by atoms with Gasteiger partial charge in [-0.3, -0.25) is 14.3 Å². The van der Waals surface area contributed by atoms with E-state index in [2.05, 4.69) is 20.5 Å². The summed E-state index contributed by atoms with van der Waals surface area (Å²) in [6.07, 6.45) is 5.01. The van der Waals surface area contributed by atoms with Gasteiger partial charge in [0, 0.05) is 18.0 Å². The number of furan rings is 1. The number of hydrogen-bond donors (Lipinski definition) is 1. The molecule has 0 bridgehead atoms. The van der Waals surface area contributed by atoms with E-state index in [1.165, 1.54) is 11.8 Å². The molecule has 4 rings (SSSR count). The number of carbonyl (C=O) groups excluding carboxylic acids is 1. The third-order valence-corrected chi connectivity index (χ3v) is 5.87. The Morgan fingerprint density at radius 2 is 2.03 bits per heavy atom. The highest BCUT2D eigenvalue weighted by Gasteiger charge is 2.17. The topological polar surface area (TPSA) is 85.8 Å². The lowest BCUT2D eigenvalue weighted by Crippen LogP contribution is -2.15. The van der Waals surface area contributed by atoms with Gasteiger partial charge >= 0.3 is 0 Å². The number of thioether (sulfide) groups is 1. The number of rotatable bonds is 7. The van der Waals surface area contributed by atoms with Crippen LogP contribution in [0.3, 0.4) is 0 Å². The van der Waals surface area contributed by atoms with Crippen molar-refractivity contribution >= 4 is 46.6 Å². The van der Waals surface area contributed by atoms with Crippen molar-refractivity contribution in [1.29, 1.82) is 0 Å². The summed E-state index contributed by atoms with van der Waals surface area (Å²) < 4.78 is 7.36. The van der Waals surface area contributed by atoms with Gasteiger partial charge in [-0.15, -0.1) is 10.2 Å². The molecule has 0 atom stereocenters. The molecule has 0 radical (unpaired) electrons. The van der Waals surface area contributed by atoms with Crippen LogP contribution in [0.2, 0.25) is 10.0 Å². The molecule has 3 aromatic heterocycles. The Kier molecular flexibility index (Phi) is 6.37. The smallest absolute Gasteiger partial charge is 0.234 e. The summed E-state index contributed by atoms with van der Waals surface area (Å²) in [5, 5.41) is 12.6. The second-order valence-corrected chi connectivity index (χ2v) is 7.88. The first-order valence-corrected chi connectivity index (χ1v) is 10.6. The first-order valence-electron chi connectivity index (χ1n) is 8.84. The SMILES string of the molecule is O=C(CSc1nnc(-c2cccnc2)n1Cc1ccco1)Nc1cccc(Cl)c1Cl. The molecule has 30 heavy (non-hydrogen) atoms. The highest BCUT2D eigenvalue weighted by Crippen LogP contribution is 2.30. The number of anilines is 1. The molecule has 1 amide bonds. The van der Waals surface area contributed by atoms with Gasteiger partial charge in [-0.2, -0.15) is 0 Å². The Morgan fingerprint density at radius 1 is 1.13 bits per heavy atom. The van der Waals surface area contributed by atoms with Gasteiger partial charge in [-0.25, -0.2) is 0 Å². The number of carbonyl (C=O) groups is 1. The molecule has 0 aliphatic heterocycles. The molecule has 152 valence electrons. The van der Waals surface area contributed by atoms with Gasteiger partial charge in [0.2, 0.25) is 5.91 Å². The van der Waals surface area contributed by atoms with Gasteiger partial charge in [-0.1, -0.05) is 41.0 Å². The molecule has 0 unspecified atom stereocenters. The Balaban J connectivity index is 1.52. The number of nitrogens with zero attached hydrogens (tertiary/aromatic N) is 4. The fraction of sp³-hybridized carbons (Fsp3) is 0.100. The van der Waals surface area contributed by atoms with Crippen molar-refractivity contribution in [1.82, 2.24) is 19.7 Å². The monoisotopic (exact) mass is 459 g/mol. The van der Waals surface area contributed by atoms with Crippen LogP contribution in [0.25, 0.3) is 11.4 Å². The Labute approximate surface area is 186 Å². The summed E-state index contributed by atoms with van der Waals surface area (Å²) in [6, 6.07) is 12.5. The predicted molar refractivity (Wildman–Crippen MR) is 117 cm³/mol. The van der Waals surface area contributed by atoms with Gasteiger partial charge in [0.05, 0.1) is 34.3 Å². The number of hydrogen-bond acceptors (Lipinski definition) is 6. The molecule has 1 aromatic carbocycles. The summed E-state index contributed by atoms with van der Waals surface area (Å²) in [5.41, 5.74) is 1.28.